The van der Waals surface area contributed by atoms with Crippen molar-refractivity contribution >= 4 is 11.6 Å². The Morgan fingerprint density at radius 2 is 2.19 bits per heavy atom. The van der Waals surface area contributed by atoms with Crippen LogP contribution in [0, 0.1) is 34.4 Å². The van der Waals surface area contributed by atoms with Gasteiger partial charge in [0.25, 0.3) is 0 Å². The van der Waals surface area contributed by atoms with Crippen LogP contribution in [0.4, 0.5) is 10.1 Å². The quantitative estimate of drug-likeness (QED) is 0.820. The van der Waals surface area contributed by atoms with Crippen LogP contribution in [0.1, 0.15) is 12.5 Å². The van der Waals surface area contributed by atoms with E-state index in [1.807, 2.05) is 0 Å². The Labute approximate surface area is 91.9 Å². The van der Waals surface area contributed by atoms with E-state index < -0.39 is 17.6 Å². The standard InChI is InChI=1S/C11H8FN3O/c1-7(5-13)11(16)15-10-4-2-3-9(12)8(10)6-14/h2-4,7H,1H3,(H,15,16). The van der Waals surface area contributed by atoms with Crippen LogP contribution in [0.5, 0.6) is 0 Å². The molecule has 1 amide bonds. The minimum atomic E-state index is -0.852. The van der Waals surface area contributed by atoms with Crippen molar-refractivity contribution in [3.05, 3.63) is 29.6 Å². The molecule has 0 heterocycles. The van der Waals surface area contributed by atoms with Crippen LogP contribution in [0.2, 0.25) is 0 Å². The number of anilines is 1. The Morgan fingerprint density at radius 3 is 2.75 bits per heavy atom. The van der Waals surface area contributed by atoms with E-state index >= 15 is 0 Å². The van der Waals surface area contributed by atoms with Crippen LogP contribution in [-0.2, 0) is 4.79 Å². The molecule has 0 radical (unpaired) electrons. The van der Waals surface area contributed by atoms with Gasteiger partial charge in [0, 0.05) is 0 Å². The summed E-state index contributed by atoms with van der Waals surface area (Å²) in [6.07, 6.45) is 0. The zero-order chi connectivity index (χ0) is 12.1. The Kier molecular flexibility index (Phi) is 3.58. The highest BCUT2D eigenvalue weighted by Gasteiger charge is 2.15. The topological polar surface area (TPSA) is 76.7 Å². The molecule has 0 saturated carbocycles. The molecule has 0 aromatic heterocycles. The van der Waals surface area contributed by atoms with Crippen LogP contribution < -0.4 is 5.32 Å². The van der Waals surface area contributed by atoms with Crippen LogP contribution in [0.3, 0.4) is 0 Å². The highest BCUT2D eigenvalue weighted by molar-refractivity contribution is 5.95. The summed E-state index contributed by atoms with van der Waals surface area (Å²) in [5, 5.41) is 19.5. The monoisotopic (exact) mass is 217 g/mol. The molecule has 1 rings (SSSR count). The van der Waals surface area contributed by atoms with Gasteiger partial charge in [0.2, 0.25) is 5.91 Å². The average molecular weight is 217 g/mol. The number of amides is 1. The lowest BCUT2D eigenvalue weighted by atomic mass is 10.1. The van der Waals surface area contributed by atoms with E-state index in [-0.39, 0.29) is 11.3 Å². The van der Waals surface area contributed by atoms with Crippen molar-refractivity contribution in [2.45, 2.75) is 6.92 Å². The summed E-state index contributed by atoms with van der Waals surface area (Å²) in [7, 11) is 0. The number of hydrogen-bond donors (Lipinski definition) is 1. The number of nitrogens with zero attached hydrogens (tertiary/aromatic N) is 2. The molecule has 1 aromatic rings. The summed E-state index contributed by atoms with van der Waals surface area (Å²) >= 11 is 0. The van der Waals surface area contributed by atoms with E-state index in [1.54, 1.807) is 12.1 Å². The summed E-state index contributed by atoms with van der Waals surface area (Å²) in [5.41, 5.74) is -0.157. The molecule has 80 valence electrons. The van der Waals surface area contributed by atoms with Crippen LogP contribution in [0.25, 0.3) is 0 Å². The van der Waals surface area contributed by atoms with Gasteiger partial charge in [-0.3, -0.25) is 4.79 Å². The fourth-order valence-corrected chi connectivity index (χ4v) is 1.04. The van der Waals surface area contributed by atoms with E-state index in [1.165, 1.54) is 19.1 Å². The van der Waals surface area contributed by atoms with Gasteiger partial charge in [0.05, 0.1) is 11.8 Å². The maximum absolute atomic E-state index is 13.1. The lowest BCUT2D eigenvalue weighted by molar-refractivity contribution is -0.117. The summed E-state index contributed by atoms with van der Waals surface area (Å²) in [6.45, 7) is 1.42. The van der Waals surface area contributed by atoms with Gasteiger partial charge in [0.15, 0.2) is 0 Å². The summed E-state index contributed by atoms with van der Waals surface area (Å²) < 4.78 is 13.1. The average Bonchev–Trinajstić information content (AvgIpc) is 2.28. The fourth-order valence-electron chi connectivity index (χ4n) is 1.04. The molecule has 0 spiro atoms. The van der Waals surface area contributed by atoms with Gasteiger partial charge in [-0.25, -0.2) is 4.39 Å². The predicted molar refractivity (Wildman–Crippen MR) is 54.5 cm³/mol. The molecule has 0 aliphatic carbocycles. The highest BCUT2D eigenvalue weighted by atomic mass is 19.1. The minimum absolute atomic E-state index is 0.0783. The van der Waals surface area contributed by atoms with E-state index in [9.17, 15) is 9.18 Å². The molecule has 1 aromatic carbocycles. The van der Waals surface area contributed by atoms with Crippen molar-refractivity contribution in [3.63, 3.8) is 0 Å². The lowest BCUT2D eigenvalue weighted by Crippen LogP contribution is -2.19. The molecule has 16 heavy (non-hydrogen) atoms. The molecule has 1 N–H and O–H groups in total. The molecule has 0 saturated heterocycles. The Balaban J connectivity index is 3.00. The number of carbonyl (C=O) groups is 1. The molecular formula is C11H8FN3O. The van der Waals surface area contributed by atoms with Gasteiger partial charge < -0.3 is 5.32 Å². The van der Waals surface area contributed by atoms with Gasteiger partial charge in [-0.1, -0.05) is 6.07 Å². The maximum atomic E-state index is 13.1. The Bertz CT molecular complexity index is 499. The van der Waals surface area contributed by atoms with Crippen molar-refractivity contribution in [3.8, 4) is 12.1 Å². The van der Waals surface area contributed by atoms with Crippen LogP contribution in [-0.4, -0.2) is 5.91 Å². The van der Waals surface area contributed by atoms with Crippen molar-refractivity contribution in [2.24, 2.45) is 5.92 Å². The second kappa shape index (κ2) is 4.90. The third-order valence-corrected chi connectivity index (χ3v) is 1.97. The SMILES string of the molecule is CC(C#N)C(=O)Nc1cccc(F)c1C#N. The van der Waals surface area contributed by atoms with Crippen molar-refractivity contribution in [2.75, 3.05) is 5.32 Å². The second-order valence-corrected chi connectivity index (χ2v) is 3.11. The van der Waals surface area contributed by atoms with Crippen molar-refractivity contribution < 1.29 is 9.18 Å². The first-order valence-corrected chi connectivity index (χ1v) is 4.49. The number of halogens is 1. The molecule has 1 atom stereocenters. The number of hydrogen-bond acceptors (Lipinski definition) is 3. The number of benzene rings is 1. The zero-order valence-corrected chi connectivity index (χ0v) is 8.49. The highest BCUT2D eigenvalue weighted by Crippen LogP contribution is 2.18. The normalized spacial score (nSPS) is 11.0. The van der Waals surface area contributed by atoms with E-state index in [0.29, 0.717) is 0 Å². The van der Waals surface area contributed by atoms with Gasteiger partial charge in [0.1, 0.15) is 23.4 Å². The summed E-state index contributed by atoms with van der Waals surface area (Å²) in [4.78, 5) is 11.4. The first-order valence-electron chi connectivity index (χ1n) is 4.49. The van der Waals surface area contributed by atoms with Gasteiger partial charge in [-0.05, 0) is 19.1 Å². The maximum Gasteiger partial charge on any atom is 0.241 e. The Hall–Kier alpha value is -2.40. The lowest BCUT2D eigenvalue weighted by Gasteiger charge is -2.07. The molecule has 0 fully saturated rings. The molecule has 4 nitrogen and oxygen atoms in total. The smallest absolute Gasteiger partial charge is 0.241 e. The molecule has 0 aliphatic heterocycles. The predicted octanol–water partition coefficient (Wildman–Crippen LogP) is 1.80. The Morgan fingerprint density at radius 1 is 1.50 bits per heavy atom. The van der Waals surface area contributed by atoms with Crippen LogP contribution in [0.15, 0.2) is 18.2 Å². The summed E-state index contributed by atoms with van der Waals surface area (Å²) in [5.74, 6) is -2.12. The fraction of sp³-hybridized carbons (Fsp3) is 0.182. The largest absolute Gasteiger partial charge is 0.324 e. The first kappa shape index (κ1) is 11.7. The van der Waals surface area contributed by atoms with E-state index in [2.05, 4.69) is 5.32 Å². The number of carbonyl (C=O) groups excluding carboxylic acids is 1. The molecule has 5 heteroatoms. The van der Waals surface area contributed by atoms with Crippen molar-refractivity contribution in [1.29, 1.82) is 10.5 Å². The van der Waals surface area contributed by atoms with Gasteiger partial charge >= 0.3 is 0 Å². The van der Waals surface area contributed by atoms with Gasteiger partial charge in [-0.2, -0.15) is 10.5 Å². The molecule has 0 aliphatic rings. The molecule has 1 unspecified atom stereocenters. The third-order valence-electron chi connectivity index (χ3n) is 1.97. The zero-order valence-electron chi connectivity index (χ0n) is 8.49. The summed E-state index contributed by atoms with van der Waals surface area (Å²) in [6, 6.07) is 7.31. The van der Waals surface area contributed by atoms with E-state index in [4.69, 9.17) is 10.5 Å². The number of nitrogens with one attached hydrogen (secondary N) is 1. The third kappa shape index (κ3) is 2.34. The van der Waals surface area contributed by atoms with Gasteiger partial charge in [-0.15, -0.1) is 0 Å². The van der Waals surface area contributed by atoms with E-state index in [0.717, 1.165) is 6.07 Å². The minimum Gasteiger partial charge on any atom is -0.324 e. The number of rotatable bonds is 2. The first-order chi connectivity index (χ1) is 7.60. The molecule has 0 bridgehead atoms. The van der Waals surface area contributed by atoms with Crippen molar-refractivity contribution in [1.82, 2.24) is 0 Å². The second-order valence-electron chi connectivity index (χ2n) is 3.11. The number of nitriles is 2. The molecular weight excluding hydrogens is 209 g/mol. The van der Waals surface area contributed by atoms with Crippen LogP contribution >= 0.6 is 0 Å².